The van der Waals surface area contributed by atoms with Gasteiger partial charge in [-0.2, -0.15) is 0 Å². The van der Waals surface area contributed by atoms with Crippen molar-refractivity contribution in [2.24, 2.45) is 22.2 Å². The minimum atomic E-state index is -1.26. The number of amides is 3. The molecule has 3 amide bonds. The van der Waals surface area contributed by atoms with E-state index in [9.17, 15) is 34.5 Å². The van der Waals surface area contributed by atoms with Gasteiger partial charge in [0.15, 0.2) is 5.96 Å². The highest BCUT2D eigenvalue weighted by molar-refractivity contribution is 5.94. The molecule has 0 aliphatic carbocycles. The molecule has 1 saturated heterocycles. The summed E-state index contributed by atoms with van der Waals surface area (Å²) < 4.78 is 0. The largest absolute Gasteiger partial charge is 0.508 e. The van der Waals surface area contributed by atoms with Crippen molar-refractivity contribution in [2.75, 3.05) is 13.1 Å². The Morgan fingerprint density at radius 3 is 2.05 bits per heavy atom. The summed E-state index contributed by atoms with van der Waals surface area (Å²) in [6.45, 7) is 0.454. The maximum atomic E-state index is 13.7. The molecule has 4 unspecified atom stereocenters. The summed E-state index contributed by atoms with van der Waals surface area (Å²) in [5.41, 5.74) is 18.2. The molecule has 14 heteroatoms. The topological polar surface area (TPSA) is 247 Å². The molecule has 0 saturated carbocycles. The summed E-state index contributed by atoms with van der Waals surface area (Å²) in [6, 6.07) is 7.98. The third kappa shape index (κ3) is 9.88. The number of aromatic hydroxyl groups is 2. The quantitative estimate of drug-likeness (QED) is 0.0773. The van der Waals surface area contributed by atoms with E-state index in [-0.39, 0.29) is 49.8 Å². The van der Waals surface area contributed by atoms with E-state index in [1.165, 1.54) is 29.2 Å². The number of phenols is 2. The number of hydrogen-bond acceptors (Lipinski definition) is 8. The highest BCUT2D eigenvalue weighted by Crippen LogP contribution is 2.21. The minimum Gasteiger partial charge on any atom is -0.508 e. The second-order valence-corrected chi connectivity index (χ2v) is 10.4. The maximum Gasteiger partial charge on any atom is 0.326 e. The smallest absolute Gasteiger partial charge is 0.326 e. The molecule has 1 aliphatic rings. The van der Waals surface area contributed by atoms with Gasteiger partial charge in [0.25, 0.3) is 0 Å². The number of nitrogens with zero attached hydrogens (tertiary/aromatic N) is 2. The van der Waals surface area contributed by atoms with E-state index in [2.05, 4.69) is 15.6 Å². The van der Waals surface area contributed by atoms with Gasteiger partial charge in [-0.3, -0.25) is 19.4 Å². The van der Waals surface area contributed by atoms with Gasteiger partial charge in [0.2, 0.25) is 17.7 Å². The number of carbonyl (C=O) groups is 4. The van der Waals surface area contributed by atoms with E-state index < -0.39 is 47.9 Å². The number of benzene rings is 2. The molecule has 1 heterocycles. The van der Waals surface area contributed by atoms with Crippen LogP contribution >= 0.6 is 0 Å². The van der Waals surface area contributed by atoms with Crippen LogP contribution in [0.3, 0.4) is 0 Å². The molecule has 0 spiro atoms. The molecule has 3 rings (SSSR count). The Bertz CT molecular complexity index is 1300. The molecule has 0 aromatic heterocycles. The van der Waals surface area contributed by atoms with E-state index in [1.807, 2.05) is 0 Å². The molecular weight excluding hydrogens is 558 g/mol. The van der Waals surface area contributed by atoms with E-state index in [0.717, 1.165) is 0 Å². The Balaban J connectivity index is 1.70. The van der Waals surface area contributed by atoms with Crippen LogP contribution in [0, 0.1) is 0 Å². The molecule has 1 fully saturated rings. The minimum absolute atomic E-state index is 0.0234. The number of carboxylic acid groups (broad SMARTS) is 1. The number of likely N-dealkylation sites (tertiary alicyclic amines) is 1. The first kappa shape index (κ1) is 32.7. The zero-order valence-electron chi connectivity index (χ0n) is 23.7. The van der Waals surface area contributed by atoms with Crippen molar-refractivity contribution in [3.63, 3.8) is 0 Å². The Kier molecular flexibility index (Phi) is 11.7. The number of phenolic OH excluding ortho intramolecular Hbond substituents is 2. The first-order chi connectivity index (χ1) is 20.4. The molecule has 43 heavy (non-hydrogen) atoms. The summed E-state index contributed by atoms with van der Waals surface area (Å²) in [5.74, 6) is -2.95. The number of nitrogens with one attached hydrogen (secondary N) is 2. The van der Waals surface area contributed by atoms with Gasteiger partial charge in [-0.15, -0.1) is 0 Å². The molecule has 1 aliphatic heterocycles. The molecule has 11 N–H and O–H groups in total. The highest BCUT2D eigenvalue weighted by atomic mass is 16.4. The molecular formula is C29H39N7O7. The van der Waals surface area contributed by atoms with Crippen molar-refractivity contribution in [2.45, 2.75) is 62.7 Å². The summed E-state index contributed by atoms with van der Waals surface area (Å²) in [7, 11) is 0. The van der Waals surface area contributed by atoms with Gasteiger partial charge in [0.05, 0.1) is 6.04 Å². The fraction of sp³-hybridized carbons (Fsp3) is 0.414. The highest BCUT2D eigenvalue weighted by Gasteiger charge is 2.39. The van der Waals surface area contributed by atoms with Crippen molar-refractivity contribution in [3.05, 3.63) is 59.7 Å². The number of aliphatic imine (C=N–C) groups is 1. The molecule has 2 aromatic rings. The first-order valence-corrected chi connectivity index (χ1v) is 14.0. The summed E-state index contributed by atoms with van der Waals surface area (Å²) in [6.07, 6.45) is 1.47. The normalized spacial score (nSPS) is 16.5. The lowest BCUT2D eigenvalue weighted by atomic mass is 10.0. The SMILES string of the molecule is NC(N)=NCCCC(NC(=O)C(N)Cc1ccc(O)cc1)C(=O)N1CCCC1C(=O)NC(Cc1ccc(O)cc1)C(=O)O. The lowest BCUT2D eigenvalue weighted by Gasteiger charge is -2.30. The van der Waals surface area contributed by atoms with Crippen molar-refractivity contribution in [1.82, 2.24) is 15.5 Å². The van der Waals surface area contributed by atoms with Crippen molar-refractivity contribution < 1.29 is 34.5 Å². The summed E-state index contributed by atoms with van der Waals surface area (Å²) >= 11 is 0. The Labute approximate surface area is 248 Å². The zero-order chi connectivity index (χ0) is 31.5. The Morgan fingerprint density at radius 2 is 1.49 bits per heavy atom. The summed E-state index contributed by atoms with van der Waals surface area (Å²) in [4.78, 5) is 57.2. The fourth-order valence-corrected chi connectivity index (χ4v) is 4.86. The number of guanidine groups is 1. The second kappa shape index (κ2) is 15.4. The molecule has 232 valence electrons. The second-order valence-electron chi connectivity index (χ2n) is 10.4. The van der Waals surface area contributed by atoms with Crippen molar-refractivity contribution >= 4 is 29.7 Å². The Hall–Kier alpha value is -4.85. The number of carbonyl (C=O) groups excluding carboxylic acids is 3. The van der Waals surface area contributed by atoms with Crippen molar-refractivity contribution in [1.29, 1.82) is 0 Å². The van der Waals surface area contributed by atoms with Gasteiger partial charge < -0.3 is 48.1 Å². The van der Waals surface area contributed by atoms with Crippen LogP contribution < -0.4 is 27.8 Å². The average Bonchev–Trinajstić information content (AvgIpc) is 3.46. The maximum absolute atomic E-state index is 13.7. The molecule has 0 radical (unpaired) electrons. The van der Waals surface area contributed by atoms with Gasteiger partial charge in [0, 0.05) is 19.5 Å². The number of aliphatic carboxylic acids is 1. The van der Waals surface area contributed by atoms with Crippen LogP contribution in [0.5, 0.6) is 11.5 Å². The molecule has 14 nitrogen and oxygen atoms in total. The van der Waals surface area contributed by atoms with E-state index >= 15 is 0 Å². The van der Waals surface area contributed by atoms with Gasteiger partial charge in [0.1, 0.15) is 29.6 Å². The van der Waals surface area contributed by atoms with Crippen LogP contribution in [0.25, 0.3) is 0 Å². The number of rotatable bonds is 14. The standard InChI is InChI=1S/C29H39N7O7/c30-21(15-17-5-9-19(37)10-6-17)25(39)34-22(3-1-13-33-29(31)32)27(41)36-14-2-4-24(36)26(40)35-23(28(42)43)16-18-7-11-20(38)12-8-18/h5-12,21-24,37-38H,1-4,13-16,30H2,(H,34,39)(H,35,40)(H,42,43)(H4,31,32,33). The molecule has 0 bridgehead atoms. The molecule has 2 aromatic carbocycles. The number of carboxylic acids is 1. The van der Waals surface area contributed by atoms with Crippen LogP contribution in [0.15, 0.2) is 53.5 Å². The van der Waals surface area contributed by atoms with E-state index in [4.69, 9.17) is 17.2 Å². The van der Waals surface area contributed by atoms with Gasteiger partial charge >= 0.3 is 5.97 Å². The lowest BCUT2D eigenvalue weighted by Crippen LogP contribution is -2.57. The Morgan fingerprint density at radius 1 is 0.907 bits per heavy atom. The average molecular weight is 598 g/mol. The van der Waals surface area contributed by atoms with Crippen LogP contribution in [0.4, 0.5) is 0 Å². The van der Waals surface area contributed by atoms with Crippen LogP contribution in [0.1, 0.15) is 36.8 Å². The van der Waals surface area contributed by atoms with Gasteiger partial charge in [-0.25, -0.2) is 4.79 Å². The van der Waals surface area contributed by atoms with Crippen molar-refractivity contribution in [3.8, 4) is 11.5 Å². The monoisotopic (exact) mass is 597 g/mol. The first-order valence-electron chi connectivity index (χ1n) is 14.0. The van der Waals surface area contributed by atoms with Crippen LogP contribution in [-0.2, 0) is 32.0 Å². The summed E-state index contributed by atoms with van der Waals surface area (Å²) in [5, 5.41) is 33.9. The lowest BCUT2D eigenvalue weighted by molar-refractivity contribution is -0.145. The third-order valence-corrected chi connectivity index (χ3v) is 7.12. The van der Waals surface area contributed by atoms with Crippen LogP contribution in [-0.4, -0.2) is 87.1 Å². The van der Waals surface area contributed by atoms with Crippen LogP contribution in [0.2, 0.25) is 0 Å². The predicted octanol–water partition coefficient (Wildman–Crippen LogP) is -0.691. The zero-order valence-corrected chi connectivity index (χ0v) is 23.7. The number of nitrogens with two attached hydrogens (primary N) is 3. The van der Waals surface area contributed by atoms with E-state index in [1.54, 1.807) is 24.3 Å². The predicted molar refractivity (Wildman–Crippen MR) is 158 cm³/mol. The molecule has 4 atom stereocenters. The third-order valence-electron chi connectivity index (χ3n) is 7.12. The number of hydrogen-bond donors (Lipinski definition) is 8. The van der Waals surface area contributed by atoms with E-state index in [0.29, 0.717) is 30.4 Å². The fourth-order valence-electron chi connectivity index (χ4n) is 4.86. The van der Waals surface area contributed by atoms with Gasteiger partial charge in [-0.05, 0) is 67.5 Å². The van der Waals surface area contributed by atoms with Gasteiger partial charge in [-0.1, -0.05) is 24.3 Å².